The maximum Gasteiger partial charge on any atom is 0.0396 e. The predicted octanol–water partition coefficient (Wildman–Crippen LogP) is 4.53. The molecule has 0 saturated carbocycles. The van der Waals surface area contributed by atoms with Crippen LogP contribution in [0.25, 0.3) is 0 Å². The molecule has 0 aliphatic rings. The quantitative estimate of drug-likeness (QED) is 0.763. The van der Waals surface area contributed by atoms with E-state index in [1.165, 1.54) is 16.8 Å². The number of aryl methyl sites for hydroxylation is 1. The lowest BCUT2D eigenvalue weighted by Gasteiger charge is -2.29. The Hall–Kier alpha value is -1.41. The first-order valence-electron chi connectivity index (χ1n) is 7.22. The first-order chi connectivity index (χ1) is 9.76. The van der Waals surface area contributed by atoms with E-state index >= 15 is 0 Å². The molecule has 106 valence electrons. The third-order valence-corrected chi connectivity index (χ3v) is 4.21. The zero-order valence-electron chi connectivity index (χ0n) is 12.3. The van der Waals surface area contributed by atoms with E-state index in [1.54, 1.807) is 0 Å². The van der Waals surface area contributed by atoms with Gasteiger partial charge in [0.1, 0.15) is 0 Å². The highest BCUT2D eigenvalue weighted by atomic mass is 32.1. The van der Waals surface area contributed by atoms with Crippen molar-refractivity contribution in [1.29, 1.82) is 0 Å². The Kier molecular flexibility index (Phi) is 5.54. The summed E-state index contributed by atoms with van der Waals surface area (Å²) in [5.41, 5.74) is 4.03. The molecule has 0 N–H and O–H groups in total. The Morgan fingerprint density at radius 3 is 2.25 bits per heavy atom. The molecular weight excluding hydrogens is 262 g/mol. The summed E-state index contributed by atoms with van der Waals surface area (Å²) in [6, 6.07) is 19.3. The van der Waals surface area contributed by atoms with Gasteiger partial charge in [0.25, 0.3) is 0 Å². The van der Waals surface area contributed by atoms with Crippen LogP contribution in [-0.4, -0.2) is 18.8 Å². The second kappa shape index (κ2) is 7.39. The molecule has 0 spiro atoms. The highest BCUT2D eigenvalue weighted by Crippen LogP contribution is 2.24. The van der Waals surface area contributed by atoms with Crippen molar-refractivity contribution in [3.8, 4) is 0 Å². The van der Waals surface area contributed by atoms with Gasteiger partial charge in [-0.05, 0) is 36.8 Å². The van der Waals surface area contributed by atoms with Gasteiger partial charge in [0.15, 0.2) is 0 Å². The van der Waals surface area contributed by atoms with E-state index in [0.717, 1.165) is 18.8 Å². The molecule has 20 heavy (non-hydrogen) atoms. The van der Waals surface area contributed by atoms with Gasteiger partial charge in [-0.3, -0.25) is 0 Å². The lowest BCUT2D eigenvalue weighted by atomic mass is 10.00. The fraction of sp³-hybridized carbons (Fsp3) is 0.333. The average Bonchev–Trinajstić information content (AvgIpc) is 2.50. The van der Waals surface area contributed by atoms with E-state index in [2.05, 4.69) is 86.0 Å². The Bertz CT molecular complexity index is 524. The summed E-state index contributed by atoms with van der Waals surface area (Å²) < 4.78 is 0. The second-order valence-corrected chi connectivity index (χ2v) is 5.48. The topological polar surface area (TPSA) is 3.24 Å². The highest BCUT2D eigenvalue weighted by Gasteiger charge is 2.15. The Morgan fingerprint density at radius 1 is 1.00 bits per heavy atom. The van der Waals surface area contributed by atoms with Gasteiger partial charge in [-0.1, -0.05) is 48.5 Å². The largest absolute Gasteiger partial charge is 0.371 e. The molecule has 1 atom stereocenters. The number of rotatable bonds is 6. The van der Waals surface area contributed by atoms with Crippen molar-refractivity contribution in [3.63, 3.8) is 0 Å². The lowest BCUT2D eigenvalue weighted by molar-refractivity contribution is 0.709. The number of hydrogen-bond donors (Lipinski definition) is 1. The van der Waals surface area contributed by atoms with Crippen LogP contribution in [0.2, 0.25) is 0 Å². The monoisotopic (exact) mass is 285 g/mol. The van der Waals surface area contributed by atoms with Gasteiger partial charge in [0, 0.05) is 24.7 Å². The van der Waals surface area contributed by atoms with E-state index in [-0.39, 0.29) is 0 Å². The maximum atomic E-state index is 4.55. The molecule has 2 aromatic carbocycles. The van der Waals surface area contributed by atoms with Crippen LogP contribution in [0.4, 0.5) is 5.69 Å². The van der Waals surface area contributed by atoms with Gasteiger partial charge < -0.3 is 4.90 Å². The van der Waals surface area contributed by atoms with Gasteiger partial charge in [-0.25, -0.2) is 0 Å². The molecule has 2 rings (SSSR count). The van der Waals surface area contributed by atoms with E-state index in [4.69, 9.17) is 0 Å². The molecule has 0 amide bonds. The normalized spacial score (nSPS) is 12.2. The van der Waals surface area contributed by atoms with Crippen molar-refractivity contribution >= 4 is 18.3 Å². The SMILES string of the molecule is CCN(CC(CS)c1ccccc1)c1ccccc1C. The Morgan fingerprint density at radius 2 is 1.65 bits per heavy atom. The lowest BCUT2D eigenvalue weighted by Crippen LogP contribution is -2.29. The van der Waals surface area contributed by atoms with Crippen LogP contribution < -0.4 is 4.90 Å². The van der Waals surface area contributed by atoms with E-state index in [9.17, 15) is 0 Å². The molecule has 0 saturated heterocycles. The predicted molar refractivity (Wildman–Crippen MR) is 92.1 cm³/mol. The van der Waals surface area contributed by atoms with Crippen LogP contribution in [0, 0.1) is 6.92 Å². The van der Waals surface area contributed by atoms with Crippen LogP contribution in [0.3, 0.4) is 0 Å². The summed E-state index contributed by atoms with van der Waals surface area (Å²) in [4.78, 5) is 2.45. The first kappa shape index (κ1) is 15.0. The molecule has 2 aromatic rings. The number of anilines is 1. The van der Waals surface area contributed by atoms with Crippen molar-refractivity contribution < 1.29 is 0 Å². The number of thiol groups is 1. The minimum atomic E-state index is 0.457. The molecule has 0 radical (unpaired) electrons. The fourth-order valence-corrected chi connectivity index (χ4v) is 2.90. The number of hydrogen-bond acceptors (Lipinski definition) is 2. The Balaban J connectivity index is 2.19. The van der Waals surface area contributed by atoms with Crippen molar-refractivity contribution in [2.24, 2.45) is 0 Å². The summed E-state index contributed by atoms with van der Waals surface area (Å²) in [5.74, 6) is 1.32. The third-order valence-electron chi connectivity index (χ3n) is 3.77. The van der Waals surface area contributed by atoms with Crippen LogP contribution in [0.5, 0.6) is 0 Å². The summed E-state index contributed by atoms with van der Waals surface area (Å²) in [6.45, 7) is 6.42. The molecule has 0 aliphatic heterocycles. The van der Waals surface area contributed by atoms with Gasteiger partial charge in [0.2, 0.25) is 0 Å². The third kappa shape index (κ3) is 3.57. The molecule has 1 nitrogen and oxygen atoms in total. The standard InChI is InChI=1S/C18H23NS/c1-3-19(18-12-8-7-9-15(18)2)13-17(14-20)16-10-5-4-6-11-16/h4-12,17,20H,3,13-14H2,1-2H3. The first-order valence-corrected chi connectivity index (χ1v) is 7.86. The van der Waals surface area contributed by atoms with Crippen LogP contribution in [0.1, 0.15) is 24.0 Å². The molecule has 0 aromatic heterocycles. The zero-order valence-corrected chi connectivity index (χ0v) is 13.2. The van der Waals surface area contributed by atoms with Gasteiger partial charge in [-0.2, -0.15) is 12.6 Å². The van der Waals surface area contributed by atoms with Crippen LogP contribution in [-0.2, 0) is 0 Å². The molecular formula is C18H23NS. The van der Waals surface area contributed by atoms with Gasteiger partial charge in [-0.15, -0.1) is 0 Å². The summed E-state index contributed by atoms with van der Waals surface area (Å²) >= 11 is 4.55. The summed E-state index contributed by atoms with van der Waals surface area (Å²) in [5, 5.41) is 0. The van der Waals surface area contributed by atoms with Crippen molar-refractivity contribution in [2.75, 3.05) is 23.7 Å². The van der Waals surface area contributed by atoms with Gasteiger partial charge in [0.05, 0.1) is 0 Å². The molecule has 1 unspecified atom stereocenters. The van der Waals surface area contributed by atoms with E-state index < -0.39 is 0 Å². The summed E-state index contributed by atoms with van der Waals surface area (Å²) in [7, 11) is 0. The van der Waals surface area contributed by atoms with Gasteiger partial charge >= 0.3 is 0 Å². The Labute approximate surface area is 128 Å². The fourth-order valence-electron chi connectivity index (χ4n) is 2.58. The molecule has 0 fully saturated rings. The number of nitrogens with zero attached hydrogens (tertiary/aromatic N) is 1. The number of likely N-dealkylation sites (N-methyl/N-ethyl adjacent to an activating group) is 1. The number of benzene rings is 2. The van der Waals surface area contributed by atoms with Crippen LogP contribution in [0.15, 0.2) is 54.6 Å². The highest BCUT2D eigenvalue weighted by molar-refractivity contribution is 7.80. The molecule has 2 heteroatoms. The van der Waals surface area contributed by atoms with Crippen molar-refractivity contribution in [1.82, 2.24) is 0 Å². The minimum absolute atomic E-state index is 0.457. The summed E-state index contributed by atoms with van der Waals surface area (Å²) in [6.07, 6.45) is 0. The smallest absolute Gasteiger partial charge is 0.0396 e. The van der Waals surface area contributed by atoms with Crippen LogP contribution >= 0.6 is 12.6 Å². The maximum absolute atomic E-state index is 4.55. The van der Waals surface area contributed by atoms with E-state index in [1.807, 2.05) is 0 Å². The number of para-hydroxylation sites is 1. The second-order valence-electron chi connectivity index (χ2n) is 5.12. The molecule has 0 heterocycles. The zero-order chi connectivity index (χ0) is 14.4. The van der Waals surface area contributed by atoms with Crippen molar-refractivity contribution in [3.05, 3.63) is 65.7 Å². The average molecular weight is 285 g/mol. The minimum Gasteiger partial charge on any atom is -0.371 e. The van der Waals surface area contributed by atoms with Crippen molar-refractivity contribution in [2.45, 2.75) is 19.8 Å². The molecule has 0 bridgehead atoms. The molecule has 0 aliphatic carbocycles. The van der Waals surface area contributed by atoms with E-state index in [0.29, 0.717) is 5.92 Å².